The molecular weight excluding hydrogens is 364 g/mol. The average Bonchev–Trinajstić information content (AvgIpc) is 2.78. The fraction of sp³-hybridized carbons (Fsp3) is 0.500. The van der Waals surface area contributed by atoms with E-state index in [1.54, 1.807) is 0 Å². The van der Waals surface area contributed by atoms with Gasteiger partial charge in [-0.3, -0.25) is 0 Å². The van der Waals surface area contributed by atoms with Gasteiger partial charge in [-0.2, -0.15) is 0 Å². The Morgan fingerprint density at radius 2 is 2.03 bits per heavy atom. The highest BCUT2D eigenvalue weighted by Gasteiger charge is 2.20. The van der Waals surface area contributed by atoms with Gasteiger partial charge in [0.15, 0.2) is 5.96 Å². The second-order valence-corrected chi connectivity index (χ2v) is 7.14. The minimum Gasteiger partial charge on any atom is -0.478 e. The summed E-state index contributed by atoms with van der Waals surface area (Å²) in [6.07, 6.45) is 6.79. The molecule has 156 valence electrons. The van der Waals surface area contributed by atoms with Crippen molar-refractivity contribution in [3.63, 3.8) is 0 Å². The summed E-state index contributed by atoms with van der Waals surface area (Å²) in [6.45, 7) is 8.28. The van der Waals surface area contributed by atoms with E-state index in [1.165, 1.54) is 0 Å². The number of pyridine rings is 2. The fourth-order valence-corrected chi connectivity index (χ4v) is 3.27. The first-order valence-electron chi connectivity index (χ1n) is 10.6. The molecule has 7 heteroatoms. The van der Waals surface area contributed by atoms with Gasteiger partial charge < -0.3 is 20.3 Å². The van der Waals surface area contributed by atoms with Crippen molar-refractivity contribution < 1.29 is 4.74 Å². The molecule has 2 aromatic rings. The molecule has 2 N–H and O–H groups in total. The number of hydrogen-bond donors (Lipinski definition) is 2. The lowest BCUT2D eigenvalue weighted by Gasteiger charge is -2.33. The van der Waals surface area contributed by atoms with Gasteiger partial charge in [0.2, 0.25) is 5.88 Å². The number of ether oxygens (including phenoxy) is 1. The Labute approximate surface area is 173 Å². The Morgan fingerprint density at radius 3 is 2.69 bits per heavy atom. The van der Waals surface area contributed by atoms with Crippen LogP contribution in [0.25, 0.3) is 0 Å². The third-order valence-corrected chi connectivity index (χ3v) is 4.82. The van der Waals surface area contributed by atoms with Gasteiger partial charge in [-0.15, -0.1) is 0 Å². The Kier molecular flexibility index (Phi) is 8.10. The van der Waals surface area contributed by atoms with E-state index < -0.39 is 0 Å². The highest BCUT2D eigenvalue weighted by Crippen LogP contribution is 2.17. The molecule has 3 rings (SSSR count). The molecular formula is C22H32N6O. The summed E-state index contributed by atoms with van der Waals surface area (Å²) >= 11 is 0. The predicted molar refractivity (Wildman–Crippen MR) is 117 cm³/mol. The lowest BCUT2D eigenvalue weighted by atomic mass is 10.1. The lowest BCUT2D eigenvalue weighted by Crippen LogP contribution is -2.48. The summed E-state index contributed by atoms with van der Waals surface area (Å²) < 4.78 is 5.54. The van der Waals surface area contributed by atoms with E-state index in [1.807, 2.05) is 36.7 Å². The molecule has 1 saturated heterocycles. The number of aliphatic imine (C=N–C) groups is 1. The van der Waals surface area contributed by atoms with Gasteiger partial charge in [-0.1, -0.05) is 19.1 Å². The summed E-state index contributed by atoms with van der Waals surface area (Å²) in [6, 6.07) is 10.4. The topological polar surface area (TPSA) is 74.7 Å². The van der Waals surface area contributed by atoms with Gasteiger partial charge in [-0.25, -0.2) is 15.0 Å². The predicted octanol–water partition coefficient (Wildman–Crippen LogP) is 2.99. The van der Waals surface area contributed by atoms with Crippen molar-refractivity contribution in [2.45, 2.75) is 45.7 Å². The normalized spacial score (nSPS) is 15.2. The molecule has 29 heavy (non-hydrogen) atoms. The molecule has 0 bridgehead atoms. The molecule has 7 nitrogen and oxygen atoms in total. The van der Waals surface area contributed by atoms with Gasteiger partial charge in [-0.05, 0) is 43.9 Å². The number of nitrogens with one attached hydrogen (secondary N) is 2. The van der Waals surface area contributed by atoms with Crippen LogP contribution in [0, 0.1) is 0 Å². The van der Waals surface area contributed by atoms with Gasteiger partial charge in [0.25, 0.3) is 0 Å². The molecule has 2 aromatic heterocycles. The molecule has 0 spiro atoms. The van der Waals surface area contributed by atoms with Crippen LogP contribution in [0.15, 0.2) is 47.7 Å². The molecule has 0 atom stereocenters. The lowest BCUT2D eigenvalue weighted by molar-refractivity contribution is 0.305. The largest absolute Gasteiger partial charge is 0.478 e. The third-order valence-electron chi connectivity index (χ3n) is 4.82. The van der Waals surface area contributed by atoms with E-state index in [-0.39, 0.29) is 0 Å². The van der Waals surface area contributed by atoms with Crippen LogP contribution in [0.4, 0.5) is 5.82 Å². The second kappa shape index (κ2) is 11.2. The first kappa shape index (κ1) is 20.9. The average molecular weight is 397 g/mol. The quantitative estimate of drug-likeness (QED) is 0.528. The van der Waals surface area contributed by atoms with Gasteiger partial charge >= 0.3 is 0 Å². The molecule has 1 aliphatic rings. The molecule has 0 saturated carbocycles. The standard InChI is InChI=1S/C22H32N6O/c1-3-15-29-21-9-8-18(16-25-21)17-26-22(23-4-2)27-19-10-13-28(14-11-19)20-7-5-6-12-24-20/h5-9,12,16,19H,3-4,10-11,13-15,17H2,1-2H3,(H2,23,26,27). The number of guanidine groups is 1. The van der Waals surface area contributed by atoms with Gasteiger partial charge in [0.05, 0.1) is 13.2 Å². The van der Waals surface area contributed by atoms with Crippen molar-refractivity contribution in [2.75, 3.05) is 31.1 Å². The van der Waals surface area contributed by atoms with Crippen LogP contribution in [-0.2, 0) is 6.54 Å². The minimum absolute atomic E-state index is 0.413. The van der Waals surface area contributed by atoms with Crippen LogP contribution in [0.5, 0.6) is 5.88 Å². The summed E-state index contributed by atoms with van der Waals surface area (Å²) in [5.41, 5.74) is 1.07. The maximum Gasteiger partial charge on any atom is 0.213 e. The number of rotatable bonds is 8. The Balaban J connectivity index is 1.50. The summed E-state index contributed by atoms with van der Waals surface area (Å²) in [5.74, 6) is 2.59. The maximum atomic E-state index is 5.54. The molecule has 0 radical (unpaired) electrons. The monoisotopic (exact) mass is 396 g/mol. The van der Waals surface area contributed by atoms with Crippen LogP contribution < -0.4 is 20.3 Å². The zero-order chi connectivity index (χ0) is 20.3. The van der Waals surface area contributed by atoms with Crippen LogP contribution >= 0.6 is 0 Å². The molecule has 3 heterocycles. The summed E-state index contributed by atoms with van der Waals surface area (Å²) in [7, 11) is 0. The molecule has 1 fully saturated rings. The Bertz CT molecular complexity index is 742. The summed E-state index contributed by atoms with van der Waals surface area (Å²) in [5, 5.41) is 6.94. The van der Waals surface area contributed by atoms with Crippen LogP contribution in [0.1, 0.15) is 38.7 Å². The van der Waals surface area contributed by atoms with Gasteiger partial charge in [0.1, 0.15) is 5.82 Å². The zero-order valence-corrected chi connectivity index (χ0v) is 17.5. The van der Waals surface area contributed by atoms with E-state index in [0.29, 0.717) is 25.1 Å². The SMILES string of the molecule is CCCOc1ccc(CN=C(NCC)NC2CCN(c3ccccn3)CC2)cn1. The smallest absolute Gasteiger partial charge is 0.213 e. The first-order valence-corrected chi connectivity index (χ1v) is 10.6. The summed E-state index contributed by atoms with van der Waals surface area (Å²) in [4.78, 5) is 15.9. The van der Waals surface area contributed by atoms with Crippen LogP contribution in [0.3, 0.4) is 0 Å². The molecule has 0 amide bonds. The highest BCUT2D eigenvalue weighted by atomic mass is 16.5. The van der Waals surface area contributed by atoms with E-state index in [0.717, 1.165) is 56.2 Å². The maximum absolute atomic E-state index is 5.54. The van der Waals surface area contributed by atoms with E-state index in [4.69, 9.17) is 9.73 Å². The number of nitrogens with zero attached hydrogens (tertiary/aromatic N) is 4. The van der Waals surface area contributed by atoms with Crippen molar-refractivity contribution in [1.29, 1.82) is 0 Å². The van der Waals surface area contributed by atoms with Gasteiger partial charge in [0, 0.05) is 44.1 Å². The Morgan fingerprint density at radius 1 is 1.17 bits per heavy atom. The van der Waals surface area contributed by atoms with Crippen molar-refractivity contribution in [2.24, 2.45) is 4.99 Å². The Hall–Kier alpha value is -2.83. The second-order valence-electron chi connectivity index (χ2n) is 7.14. The number of hydrogen-bond acceptors (Lipinski definition) is 5. The molecule has 0 aliphatic carbocycles. The van der Waals surface area contributed by atoms with Crippen molar-refractivity contribution in [1.82, 2.24) is 20.6 Å². The van der Waals surface area contributed by atoms with E-state index in [2.05, 4.69) is 45.4 Å². The fourth-order valence-electron chi connectivity index (χ4n) is 3.27. The van der Waals surface area contributed by atoms with E-state index >= 15 is 0 Å². The first-order chi connectivity index (χ1) is 14.3. The van der Waals surface area contributed by atoms with Crippen LogP contribution in [-0.4, -0.2) is 48.2 Å². The highest BCUT2D eigenvalue weighted by molar-refractivity contribution is 5.80. The third kappa shape index (κ3) is 6.62. The molecule has 0 unspecified atom stereocenters. The van der Waals surface area contributed by atoms with Crippen molar-refractivity contribution >= 4 is 11.8 Å². The van der Waals surface area contributed by atoms with Crippen molar-refractivity contribution in [3.8, 4) is 5.88 Å². The van der Waals surface area contributed by atoms with Crippen LogP contribution in [0.2, 0.25) is 0 Å². The molecule has 0 aromatic carbocycles. The number of aromatic nitrogens is 2. The molecule has 1 aliphatic heterocycles. The minimum atomic E-state index is 0.413. The van der Waals surface area contributed by atoms with Crippen molar-refractivity contribution in [3.05, 3.63) is 48.3 Å². The number of piperidine rings is 1. The number of anilines is 1. The van der Waals surface area contributed by atoms with E-state index in [9.17, 15) is 0 Å². The zero-order valence-electron chi connectivity index (χ0n) is 17.5.